The van der Waals surface area contributed by atoms with Crippen LogP contribution in [-0.2, 0) is 20.9 Å². The minimum absolute atomic E-state index is 0.306. The number of carbonyl (C=O) groups is 3. The smallest absolute Gasteiger partial charge is 0.254 e. The largest absolute Gasteiger partial charge is 0.388 e. The van der Waals surface area contributed by atoms with Crippen LogP contribution in [0.3, 0.4) is 0 Å². The molecule has 184 valence electrons. The normalized spacial score (nSPS) is 14.7. The van der Waals surface area contributed by atoms with Crippen molar-refractivity contribution in [3.63, 3.8) is 0 Å². The molecular formula is C27H31N3O5. The minimum Gasteiger partial charge on any atom is -0.388 e. The Bertz CT molecular complexity index is 1060. The molecule has 1 unspecified atom stereocenters. The van der Waals surface area contributed by atoms with E-state index in [1.807, 2.05) is 12.1 Å². The van der Waals surface area contributed by atoms with Crippen LogP contribution in [0.1, 0.15) is 33.5 Å². The number of ether oxygens (including phenoxy) is 1. The predicted octanol–water partition coefficient (Wildman–Crippen LogP) is 1.06. The molecule has 1 aliphatic rings. The van der Waals surface area contributed by atoms with Gasteiger partial charge in [-0.15, -0.1) is 0 Å². The summed E-state index contributed by atoms with van der Waals surface area (Å²) in [5.41, 5.74) is 3.16. The number of aliphatic hydroxyl groups is 1. The molecular weight excluding hydrogens is 446 g/mol. The van der Waals surface area contributed by atoms with Gasteiger partial charge in [-0.2, -0.15) is 0 Å². The van der Waals surface area contributed by atoms with E-state index in [1.54, 1.807) is 24.3 Å². The second kappa shape index (κ2) is 12.8. The Morgan fingerprint density at radius 2 is 1.66 bits per heavy atom. The third-order valence-corrected chi connectivity index (χ3v) is 5.82. The zero-order valence-corrected chi connectivity index (χ0v) is 20.1. The summed E-state index contributed by atoms with van der Waals surface area (Å²) in [5, 5.41) is 11.5. The Labute approximate surface area is 205 Å². The van der Waals surface area contributed by atoms with Gasteiger partial charge in [0.15, 0.2) is 11.8 Å². The summed E-state index contributed by atoms with van der Waals surface area (Å²) >= 11 is 0. The van der Waals surface area contributed by atoms with Gasteiger partial charge >= 0.3 is 0 Å². The van der Waals surface area contributed by atoms with Crippen molar-refractivity contribution >= 4 is 17.6 Å². The number of carbonyl (C=O) groups excluding carboxylic acids is 3. The molecule has 1 saturated heterocycles. The molecule has 0 saturated carbocycles. The van der Waals surface area contributed by atoms with Crippen molar-refractivity contribution in [3.05, 3.63) is 70.8 Å². The lowest BCUT2D eigenvalue weighted by molar-refractivity contribution is -0.135. The number of hydrogen-bond acceptors (Lipinski definition) is 6. The molecule has 2 N–H and O–H groups in total. The highest BCUT2D eigenvalue weighted by molar-refractivity contribution is 6.10. The molecule has 35 heavy (non-hydrogen) atoms. The first-order valence-electron chi connectivity index (χ1n) is 11.6. The van der Waals surface area contributed by atoms with E-state index in [2.05, 4.69) is 34.2 Å². The predicted molar refractivity (Wildman–Crippen MR) is 132 cm³/mol. The highest BCUT2D eigenvalue weighted by Gasteiger charge is 2.32. The van der Waals surface area contributed by atoms with E-state index in [4.69, 9.17) is 9.84 Å². The Balaban J connectivity index is 1.63. The summed E-state index contributed by atoms with van der Waals surface area (Å²) in [7, 11) is 2.72. The maximum atomic E-state index is 12.8. The lowest BCUT2D eigenvalue weighted by atomic mass is 10.1. The molecule has 1 fully saturated rings. The standard InChI is InChI=1S/C27H31N3O5/c1-28-26(33)25(24(32)19-31)29(2)27(34)23-12-10-21(11-13-23)5-4-20-6-8-22(9-7-20)18-30-14-3-16-35-17-15-30/h6-13,25,31H,3,14-19H2,1-2H3,(H,28,33). The van der Waals surface area contributed by atoms with Crippen LogP contribution < -0.4 is 5.32 Å². The van der Waals surface area contributed by atoms with E-state index in [9.17, 15) is 14.4 Å². The molecule has 0 aliphatic carbocycles. The lowest BCUT2D eigenvalue weighted by Crippen LogP contribution is -2.52. The Morgan fingerprint density at radius 3 is 2.26 bits per heavy atom. The number of aliphatic hydroxyl groups excluding tert-OH is 1. The quantitative estimate of drug-likeness (QED) is 0.457. The van der Waals surface area contributed by atoms with Crippen LogP contribution in [0.2, 0.25) is 0 Å². The summed E-state index contributed by atoms with van der Waals surface area (Å²) in [6, 6.07) is 13.4. The first kappa shape index (κ1) is 26.1. The number of ketones is 1. The monoisotopic (exact) mass is 477 g/mol. The second-order valence-electron chi connectivity index (χ2n) is 8.32. The lowest BCUT2D eigenvalue weighted by Gasteiger charge is -2.25. The Morgan fingerprint density at radius 1 is 1.03 bits per heavy atom. The number of hydrogen-bond donors (Lipinski definition) is 2. The highest BCUT2D eigenvalue weighted by atomic mass is 16.5. The molecule has 3 rings (SSSR count). The van der Waals surface area contributed by atoms with E-state index in [0.29, 0.717) is 5.56 Å². The summed E-state index contributed by atoms with van der Waals surface area (Å²) in [4.78, 5) is 40.2. The fraction of sp³-hybridized carbons (Fsp3) is 0.370. The van der Waals surface area contributed by atoms with Gasteiger partial charge < -0.3 is 20.1 Å². The second-order valence-corrected chi connectivity index (χ2v) is 8.32. The van der Waals surface area contributed by atoms with Gasteiger partial charge in [0, 0.05) is 57.0 Å². The first-order chi connectivity index (χ1) is 16.9. The molecule has 2 aromatic rings. The van der Waals surface area contributed by atoms with Crippen LogP contribution in [0, 0.1) is 11.8 Å². The van der Waals surface area contributed by atoms with E-state index in [0.717, 1.165) is 55.3 Å². The average molecular weight is 478 g/mol. The van der Waals surface area contributed by atoms with E-state index < -0.39 is 30.2 Å². The molecule has 2 amide bonds. The van der Waals surface area contributed by atoms with Gasteiger partial charge in [-0.05, 0) is 48.4 Å². The topological polar surface area (TPSA) is 99.2 Å². The van der Waals surface area contributed by atoms with Crippen molar-refractivity contribution in [2.45, 2.75) is 19.0 Å². The van der Waals surface area contributed by atoms with Crippen molar-refractivity contribution in [1.29, 1.82) is 0 Å². The third-order valence-electron chi connectivity index (χ3n) is 5.82. The molecule has 1 heterocycles. The van der Waals surface area contributed by atoms with Crippen molar-refractivity contribution < 1.29 is 24.2 Å². The number of benzene rings is 2. The van der Waals surface area contributed by atoms with Crippen LogP contribution >= 0.6 is 0 Å². The maximum absolute atomic E-state index is 12.8. The zero-order chi connectivity index (χ0) is 25.2. The molecule has 2 aromatic carbocycles. The van der Waals surface area contributed by atoms with Gasteiger partial charge in [0.25, 0.3) is 5.91 Å². The number of nitrogens with one attached hydrogen (secondary N) is 1. The van der Waals surface area contributed by atoms with Crippen molar-refractivity contribution in [2.24, 2.45) is 0 Å². The fourth-order valence-corrected chi connectivity index (χ4v) is 3.83. The Hall–Kier alpha value is -3.51. The fourth-order valence-electron chi connectivity index (χ4n) is 3.83. The molecule has 0 radical (unpaired) electrons. The number of rotatable bonds is 7. The minimum atomic E-state index is -1.40. The molecule has 1 atom stereocenters. The van der Waals surface area contributed by atoms with E-state index in [-0.39, 0.29) is 0 Å². The van der Waals surface area contributed by atoms with Gasteiger partial charge in [0.2, 0.25) is 5.91 Å². The van der Waals surface area contributed by atoms with E-state index in [1.165, 1.54) is 19.7 Å². The van der Waals surface area contributed by atoms with Gasteiger partial charge in [-0.1, -0.05) is 24.0 Å². The molecule has 8 heteroatoms. The van der Waals surface area contributed by atoms with Crippen LogP contribution in [0.5, 0.6) is 0 Å². The summed E-state index contributed by atoms with van der Waals surface area (Å²) in [6.45, 7) is 3.65. The van der Waals surface area contributed by atoms with Gasteiger partial charge in [0.1, 0.15) is 6.61 Å². The summed E-state index contributed by atoms with van der Waals surface area (Å²) < 4.78 is 5.51. The summed E-state index contributed by atoms with van der Waals surface area (Å²) in [6.07, 6.45) is 1.06. The van der Waals surface area contributed by atoms with E-state index >= 15 is 0 Å². The van der Waals surface area contributed by atoms with Crippen LogP contribution in [0.4, 0.5) is 0 Å². The molecule has 1 aliphatic heterocycles. The molecule has 0 bridgehead atoms. The first-order valence-corrected chi connectivity index (χ1v) is 11.6. The van der Waals surface area contributed by atoms with Crippen molar-refractivity contribution in [3.8, 4) is 11.8 Å². The van der Waals surface area contributed by atoms with Gasteiger partial charge in [-0.3, -0.25) is 19.3 Å². The molecule has 8 nitrogen and oxygen atoms in total. The van der Waals surface area contributed by atoms with Crippen LogP contribution in [0.15, 0.2) is 48.5 Å². The molecule has 0 aromatic heterocycles. The maximum Gasteiger partial charge on any atom is 0.254 e. The summed E-state index contributed by atoms with van der Waals surface area (Å²) in [5.74, 6) is 4.30. The highest BCUT2D eigenvalue weighted by Crippen LogP contribution is 2.12. The van der Waals surface area contributed by atoms with Crippen LogP contribution in [0.25, 0.3) is 0 Å². The number of nitrogens with zero attached hydrogens (tertiary/aromatic N) is 2. The zero-order valence-electron chi connectivity index (χ0n) is 20.1. The van der Waals surface area contributed by atoms with Gasteiger partial charge in [-0.25, -0.2) is 0 Å². The third kappa shape index (κ3) is 7.23. The average Bonchev–Trinajstić information content (AvgIpc) is 3.16. The SMILES string of the molecule is CNC(=O)C(C(=O)CO)N(C)C(=O)c1ccc(C#Cc2ccc(CN3CCCOCC3)cc2)cc1. The number of Topliss-reactive ketones (excluding diaryl/α,β-unsaturated/α-hetero) is 1. The Kier molecular flexibility index (Phi) is 9.56. The van der Waals surface area contributed by atoms with Gasteiger partial charge in [0.05, 0.1) is 6.61 Å². The molecule has 0 spiro atoms. The van der Waals surface area contributed by atoms with Crippen molar-refractivity contribution in [2.75, 3.05) is 47.0 Å². The van der Waals surface area contributed by atoms with Crippen LogP contribution in [-0.4, -0.2) is 85.6 Å². The van der Waals surface area contributed by atoms with Crippen molar-refractivity contribution in [1.82, 2.24) is 15.1 Å². The number of amides is 2. The number of likely N-dealkylation sites (N-methyl/N-ethyl adjacent to an activating group) is 2.